The SMILES string of the molecule is CCc1c(OC)cc(-c2cn(C)c(=O)c3cnc(N4CCC4)cc23)cc1OC. The van der Waals surface area contributed by atoms with Crippen molar-refractivity contribution in [2.24, 2.45) is 7.05 Å². The molecule has 0 unspecified atom stereocenters. The maximum Gasteiger partial charge on any atom is 0.259 e. The molecule has 1 aromatic carbocycles. The first-order valence-electron chi connectivity index (χ1n) is 9.57. The number of rotatable bonds is 5. The Labute approximate surface area is 164 Å². The third kappa shape index (κ3) is 2.89. The molecule has 0 bridgehead atoms. The quantitative estimate of drug-likeness (QED) is 0.680. The van der Waals surface area contributed by atoms with Crippen molar-refractivity contribution in [2.75, 3.05) is 32.2 Å². The van der Waals surface area contributed by atoms with Crippen LogP contribution >= 0.6 is 0 Å². The minimum Gasteiger partial charge on any atom is -0.496 e. The van der Waals surface area contributed by atoms with E-state index in [0.29, 0.717) is 5.39 Å². The Bertz CT molecular complexity index is 1080. The Balaban J connectivity index is 2.00. The smallest absolute Gasteiger partial charge is 0.259 e. The zero-order chi connectivity index (χ0) is 19.8. The van der Waals surface area contributed by atoms with E-state index in [1.807, 2.05) is 24.4 Å². The molecule has 1 fully saturated rings. The predicted molar refractivity (Wildman–Crippen MR) is 112 cm³/mol. The van der Waals surface area contributed by atoms with Gasteiger partial charge in [-0.2, -0.15) is 0 Å². The molecular weight excluding hydrogens is 354 g/mol. The molecule has 1 saturated heterocycles. The molecule has 1 aliphatic rings. The summed E-state index contributed by atoms with van der Waals surface area (Å²) in [6.45, 7) is 4.09. The van der Waals surface area contributed by atoms with Crippen molar-refractivity contribution in [3.8, 4) is 22.6 Å². The molecule has 0 aliphatic carbocycles. The summed E-state index contributed by atoms with van der Waals surface area (Å²) in [5.41, 5.74) is 2.89. The molecule has 146 valence electrons. The van der Waals surface area contributed by atoms with Crippen LogP contribution in [0.1, 0.15) is 18.9 Å². The zero-order valence-corrected chi connectivity index (χ0v) is 16.8. The molecule has 2 aromatic heterocycles. The van der Waals surface area contributed by atoms with Gasteiger partial charge in [-0.25, -0.2) is 4.98 Å². The molecule has 3 aromatic rings. The van der Waals surface area contributed by atoms with Gasteiger partial charge in [-0.15, -0.1) is 0 Å². The van der Waals surface area contributed by atoms with E-state index >= 15 is 0 Å². The highest BCUT2D eigenvalue weighted by Gasteiger charge is 2.19. The highest BCUT2D eigenvalue weighted by Crippen LogP contribution is 2.38. The highest BCUT2D eigenvalue weighted by atomic mass is 16.5. The second-order valence-electron chi connectivity index (χ2n) is 7.10. The van der Waals surface area contributed by atoms with Crippen LogP contribution in [0.2, 0.25) is 0 Å². The fraction of sp³-hybridized carbons (Fsp3) is 0.364. The summed E-state index contributed by atoms with van der Waals surface area (Å²) in [6.07, 6.45) is 5.56. The van der Waals surface area contributed by atoms with Crippen LogP contribution in [0.4, 0.5) is 5.82 Å². The molecule has 6 nitrogen and oxygen atoms in total. The monoisotopic (exact) mass is 379 g/mol. The van der Waals surface area contributed by atoms with Gasteiger partial charge in [0.15, 0.2) is 0 Å². The summed E-state index contributed by atoms with van der Waals surface area (Å²) in [4.78, 5) is 19.4. The van der Waals surface area contributed by atoms with Crippen LogP contribution in [-0.4, -0.2) is 36.9 Å². The van der Waals surface area contributed by atoms with E-state index < -0.39 is 0 Å². The predicted octanol–water partition coefficient (Wildman–Crippen LogP) is 3.39. The van der Waals surface area contributed by atoms with Gasteiger partial charge in [0.25, 0.3) is 5.56 Å². The van der Waals surface area contributed by atoms with Crippen molar-refractivity contribution in [2.45, 2.75) is 19.8 Å². The number of benzene rings is 1. The average molecular weight is 379 g/mol. The first-order chi connectivity index (χ1) is 13.6. The number of hydrogen-bond acceptors (Lipinski definition) is 5. The van der Waals surface area contributed by atoms with E-state index in [1.54, 1.807) is 32.0 Å². The lowest BCUT2D eigenvalue weighted by Crippen LogP contribution is -2.37. The lowest BCUT2D eigenvalue weighted by atomic mass is 9.98. The molecule has 28 heavy (non-hydrogen) atoms. The highest BCUT2D eigenvalue weighted by molar-refractivity contribution is 5.97. The van der Waals surface area contributed by atoms with Gasteiger partial charge in [-0.05, 0) is 36.6 Å². The number of methoxy groups -OCH3 is 2. The standard InChI is InChI=1S/C22H25N3O3/c1-5-15-19(27-3)9-14(10-20(15)28-4)18-13-24(2)22(26)17-12-23-21(11-16(17)18)25-7-6-8-25/h9-13H,5-8H2,1-4H3. The Morgan fingerprint density at radius 2 is 1.75 bits per heavy atom. The fourth-order valence-corrected chi connectivity index (χ4v) is 3.79. The van der Waals surface area contributed by atoms with Gasteiger partial charge < -0.3 is 18.9 Å². The van der Waals surface area contributed by atoms with Crippen LogP contribution in [0.25, 0.3) is 21.9 Å². The van der Waals surface area contributed by atoms with Crippen LogP contribution in [0.3, 0.4) is 0 Å². The van der Waals surface area contributed by atoms with Crippen molar-refractivity contribution in [3.63, 3.8) is 0 Å². The summed E-state index contributed by atoms with van der Waals surface area (Å²) in [6, 6.07) is 6.06. The third-order valence-corrected chi connectivity index (χ3v) is 5.51. The molecule has 0 atom stereocenters. The maximum absolute atomic E-state index is 12.7. The fourth-order valence-electron chi connectivity index (χ4n) is 3.79. The molecule has 0 radical (unpaired) electrons. The van der Waals surface area contributed by atoms with Crippen molar-refractivity contribution >= 4 is 16.6 Å². The summed E-state index contributed by atoms with van der Waals surface area (Å²) in [7, 11) is 5.11. The number of fused-ring (bicyclic) bond motifs is 1. The molecule has 6 heteroatoms. The largest absolute Gasteiger partial charge is 0.496 e. The zero-order valence-electron chi connectivity index (χ0n) is 16.8. The topological polar surface area (TPSA) is 56.6 Å². The van der Waals surface area contributed by atoms with Crippen molar-refractivity contribution in [1.29, 1.82) is 0 Å². The van der Waals surface area contributed by atoms with E-state index in [2.05, 4.69) is 16.8 Å². The summed E-state index contributed by atoms with van der Waals surface area (Å²) < 4.78 is 12.9. The number of aromatic nitrogens is 2. The molecule has 0 amide bonds. The van der Waals surface area contributed by atoms with E-state index in [0.717, 1.165) is 58.9 Å². The number of pyridine rings is 2. The molecule has 1 aliphatic heterocycles. The summed E-state index contributed by atoms with van der Waals surface area (Å²) in [5, 5.41) is 1.51. The van der Waals surface area contributed by atoms with Crippen molar-refractivity contribution in [3.05, 3.63) is 46.5 Å². The van der Waals surface area contributed by atoms with Gasteiger partial charge in [0, 0.05) is 49.0 Å². The van der Waals surface area contributed by atoms with Crippen LogP contribution < -0.4 is 19.9 Å². The number of hydrogen-bond donors (Lipinski definition) is 0. The second-order valence-corrected chi connectivity index (χ2v) is 7.10. The van der Waals surface area contributed by atoms with Gasteiger partial charge >= 0.3 is 0 Å². The Kier molecular flexibility index (Phi) is 4.71. The first kappa shape index (κ1) is 18.3. The number of aryl methyl sites for hydroxylation is 1. The molecule has 0 saturated carbocycles. The van der Waals surface area contributed by atoms with Gasteiger partial charge in [0.1, 0.15) is 17.3 Å². The van der Waals surface area contributed by atoms with Crippen molar-refractivity contribution < 1.29 is 9.47 Å². The van der Waals surface area contributed by atoms with Crippen LogP contribution in [0, 0.1) is 0 Å². The van der Waals surface area contributed by atoms with Crippen LogP contribution in [0.5, 0.6) is 11.5 Å². The lowest BCUT2D eigenvalue weighted by Gasteiger charge is -2.32. The van der Waals surface area contributed by atoms with Gasteiger partial charge in [0.2, 0.25) is 0 Å². The number of nitrogens with zero attached hydrogens (tertiary/aromatic N) is 3. The first-order valence-corrected chi connectivity index (χ1v) is 9.57. The van der Waals surface area contributed by atoms with E-state index in [-0.39, 0.29) is 5.56 Å². The van der Waals surface area contributed by atoms with Gasteiger partial charge in [-0.1, -0.05) is 6.92 Å². The van der Waals surface area contributed by atoms with E-state index in [9.17, 15) is 4.79 Å². The lowest BCUT2D eigenvalue weighted by molar-refractivity contribution is 0.386. The van der Waals surface area contributed by atoms with Crippen molar-refractivity contribution in [1.82, 2.24) is 9.55 Å². The molecule has 3 heterocycles. The molecule has 0 spiro atoms. The number of ether oxygens (including phenoxy) is 2. The van der Waals surface area contributed by atoms with Gasteiger partial charge in [0.05, 0.1) is 19.6 Å². The Hall–Kier alpha value is -3.02. The van der Waals surface area contributed by atoms with Crippen LogP contribution in [0.15, 0.2) is 35.4 Å². The average Bonchev–Trinajstić information content (AvgIpc) is 2.68. The number of anilines is 1. The second kappa shape index (κ2) is 7.19. The van der Waals surface area contributed by atoms with E-state index in [4.69, 9.17) is 9.47 Å². The van der Waals surface area contributed by atoms with E-state index in [1.165, 1.54) is 6.42 Å². The summed E-state index contributed by atoms with van der Waals surface area (Å²) >= 11 is 0. The minimum absolute atomic E-state index is 0.0504. The normalized spacial score (nSPS) is 13.5. The summed E-state index contributed by atoms with van der Waals surface area (Å²) in [5.74, 6) is 2.49. The Morgan fingerprint density at radius 3 is 2.29 bits per heavy atom. The molecular formula is C22H25N3O3. The van der Waals surface area contributed by atoms with Crippen LogP contribution in [-0.2, 0) is 13.5 Å². The molecule has 4 rings (SSSR count). The molecule has 0 N–H and O–H groups in total. The Morgan fingerprint density at radius 1 is 1.07 bits per heavy atom. The maximum atomic E-state index is 12.7. The third-order valence-electron chi connectivity index (χ3n) is 5.51. The minimum atomic E-state index is -0.0504. The van der Waals surface area contributed by atoms with Gasteiger partial charge in [-0.3, -0.25) is 4.79 Å².